The Morgan fingerprint density at radius 2 is 2.05 bits per heavy atom. The molecule has 2 aromatic heterocycles. The summed E-state index contributed by atoms with van der Waals surface area (Å²) in [6.07, 6.45) is 1.59. The fourth-order valence-corrected chi connectivity index (χ4v) is 2.54. The van der Waals surface area contributed by atoms with Crippen LogP contribution in [-0.2, 0) is 16.6 Å². The van der Waals surface area contributed by atoms with Crippen LogP contribution in [0.4, 0.5) is 0 Å². The topological polar surface area (TPSA) is 69.6 Å². The zero-order valence-corrected chi connectivity index (χ0v) is 13.4. The molecule has 0 saturated carbocycles. The van der Waals surface area contributed by atoms with Crippen LogP contribution < -0.4 is 0 Å². The van der Waals surface area contributed by atoms with Crippen LogP contribution in [0.2, 0.25) is 5.15 Å². The van der Waals surface area contributed by atoms with Crippen molar-refractivity contribution < 1.29 is 13.9 Å². The molecule has 114 valence electrons. The van der Waals surface area contributed by atoms with Crippen molar-refractivity contribution in [2.45, 2.75) is 20.8 Å². The van der Waals surface area contributed by atoms with Crippen molar-refractivity contribution in [1.82, 2.24) is 9.78 Å². The number of cyclic esters (lactones) is 1. The van der Waals surface area contributed by atoms with E-state index in [1.807, 2.05) is 13.8 Å². The number of hydrogen-bond acceptors (Lipinski definition) is 5. The molecular weight excluding hydrogens is 306 g/mol. The number of nitrogens with zero attached hydrogens (tertiary/aromatic N) is 3. The number of carbonyl (C=O) groups is 1. The van der Waals surface area contributed by atoms with Gasteiger partial charge in [0.15, 0.2) is 5.70 Å². The second-order valence-corrected chi connectivity index (χ2v) is 5.43. The van der Waals surface area contributed by atoms with Gasteiger partial charge in [-0.3, -0.25) is 4.68 Å². The molecule has 1 aliphatic rings. The standard InChI is InChI=1S/C15H14ClN3O3/c1-7-5-11(9(3)21-7)14-17-12(15(20)22-14)6-10-8(2)18-19(4)13(10)16/h5-6H,1-4H3. The number of esters is 1. The summed E-state index contributed by atoms with van der Waals surface area (Å²) in [5, 5.41) is 4.64. The number of ether oxygens (including phenoxy) is 1. The molecule has 0 unspecified atom stereocenters. The maximum atomic E-state index is 12.0. The minimum Gasteiger partial charge on any atom is -0.466 e. The second-order valence-electron chi connectivity index (χ2n) is 5.08. The molecular formula is C15H14ClN3O3. The van der Waals surface area contributed by atoms with Crippen LogP contribution in [0.1, 0.15) is 28.3 Å². The van der Waals surface area contributed by atoms with Gasteiger partial charge in [0.25, 0.3) is 0 Å². The summed E-state index contributed by atoms with van der Waals surface area (Å²) in [5.74, 6) is 1.10. The Kier molecular flexibility index (Phi) is 3.41. The van der Waals surface area contributed by atoms with Gasteiger partial charge in [0.05, 0.1) is 11.3 Å². The molecule has 0 N–H and O–H groups in total. The van der Waals surface area contributed by atoms with E-state index in [2.05, 4.69) is 10.1 Å². The lowest BCUT2D eigenvalue weighted by Crippen LogP contribution is -2.05. The largest absolute Gasteiger partial charge is 0.466 e. The summed E-state index contributed by atoms with van der Waals surface area (Å²) in [7, 11) is 1.73. The minimum atomic E-state index is -0.521. The number of halogens is 1. The fraction of sp³-hybridized carbons (Fsp3) is 0.267. The Hall–Kier alpha value is -2.34. The molecule has 0 radical (unpaired) electrons. The second kappa shape index (κ2) is 5.14. The molecule has 7 heteroatoms. The van der Waals surface area contributed by atoms with E-state index in [1.54, 1.807) is 26.1 Å². The van der Waals surface area contributed by atoms with Gasteiger partial charge in [-0.25, -0.2) is 9.79 Å². The van der Waals surface area contributed by atoms with E-state index in [-0.39, 0.29) is 11.6 Å². The Labute approximate surface area is 132 Å². The summed E-state index contributed by atoms with van der Waals surface area (Å²) in [4.78, 5) is 16.3. The van der Waals surface area contributed by atoms with E-state index >= 15 is 0 Å². The fourth-order valence-electron chi connectivity index (χ4n) is 2.31. The normalized spacial score (nSPS) is 16.3. The maximum absolute atomic E-state index is 12.0. The van der Waals surface area contributed by atoms with Crippen LogP contribution in [-0.4, -0.2) is 21.6 Å². The molecule has 2 aromatic rings. The molecule has 3 rings (SSSR count). The van der Waals surface area contributed by atoms with Gasteiger partial charge in [-0.2, -0.15) is 5.10 Å². The van der Waals surface area contributed by atoms with Gasteiger partial charge in [0.1, 0.15) is 16.7 Å². The van der Waals surface area contributed by atoms with Crippen LogP contribution in [0.5, 0.6) is 0 Å². The molecule has 0 bridgehead atoms. The monoisotopic (exact) mass is 319 g/mol. The lowest BCUT2D eigenvalue weighted by Gasteiger charge is -1.95. The van der Waals surface area contributed by atoms with Crippen LogP contribution in [0.3, 0.4) is 0 Å². The lowest BCUT2D eigenvalue weighted by atomic mass is 10.2. The zero-order chi connectivity index (χ0) is 16.0. The highest BCUT2D eigenvalue weighted by Crippen LogP contribution is 2.26. The molecule has 3 heterocycles. The number of carbonyl (C=O) groups excluding carboxylic acids is 1. The predicted octanol–water partition coefficient (Wildman–Crippen LogP) is 2.94. The number of aliphatic imine (C=N–C) groups is 1. The molecule has 0 aromatic carbocycles. The third-order valence-corrected chi connectivity index (χ3v) is 3.82. The number of aryl methyl sites for hydroxylation is 4. The summed E-state index contributed by atoms with van der Waals surface area (Å²) in [6.45, 7) is 5.43. The Balaban J connectivity index is 2.03. The first kappa shape index (κ1) is 14.6. The van der Waals surface area contributed by atoms with Gasteiger partial charge in [0.2, 0.25) is 5.90 Å². The van der Waals surface area contributed by atoms with E-state index in [9.17, 15) is 4.79 Å². The van der Waals surface area contributed by atoms with Crippen LogP contribution in [0.15, 0.2) is 21.2 Å². The molecule has 0 amide bonds. The Morgan fingerprint density at radius 1 is 1.32 bits per heavy atom. The first-order valence-corrected chi connectivity index (χ1v) is 7.03. The highest BCUT2D eigenvalue weighted by atomic mass is 35.5. The van der Waals surface area contributed by atoms with Gasteiger partial charge >= 0.3 is 5.97 Å². The molecule has 1 aliphatic heterocycles. The van der Waals surface area contributed by atoms with E-state index in [4.69, 9.17) is 20.8 Å². The molecule has 0 saturated heterocycles. The summed E-state index contributed by atoms with van der Waals surface area (Å²) in [5.41, 5.74) is 2.22. The first-order chi connectivity index (χ1) is 10.4. The molecule has 0 atom stereocenters. The third-order valence-electron chi connectivity index (χ3n) is 3.37. The van der Waals surface area contributed by atoms with Gasteiger partial charge in [-0.1, -0.05) is 11.6 Å². The summed E-state index contributed by atoms with van der Waals surface area (Å²) >= 11 is 6.16. The van der Waals surface area contributed by atoms with Crippen molar-refractivity contribution in [3.8, 4) is 0 Å². The number of rotatable bonds is 2. The van der Waals surface area contributed by atoms with Crippen molar-refractivity contribution in [2.24, 2.45) is 12.0 Å². The summed E-state index contributed by atoms with van der Waals surface area (Å²) < 4.78 is 12.2. The zero-order valence-electron chi connectivity index (χ0n) is 12.6. The molecule has 0 aliphatic carbocycles. The average molecular weight is 320 g/mol. The maximum Gasteiger partial charge on any atom is 0.363 e. The predicted molar refractivity (Wildman–Crippen MR) is 81.7 cm³/mol. The van der Waals surface area contributed by atoms with Crippen molar-refractivity contribution >= 4 is 29.5 Å². The van der Waals surface area contributed by atoms with Gasteiger partial charge in [-0.15, -0.1) is 0 Å². The van der Waals surface area contributed by atoms with Crippen LogP contribution in [0.25, 0.3) is 6.08 Å². The lowest BCUT2D eigenvalue weighted by molar-refractivity contribution is -0.129. The average Bonchev–Trinajstić information content (AvgIpc) is 3.04. The van der Waals surface area contributed by atoms with E-state index in [0.29, 0.717) is 27.7 Å². The van der Waals surface area contributed by atoms with Crippen molar-refractivity contribution in [2.75, 3.05) is 0 Å². The Bertz CT molecular complexity index is 843. The quantitative estimate of drug-likeness (QED) is 0.630. The molecule has 0 fully saturated rings. The van der Waals surface area contributed by atoms with Crippen molar-refractivity contribution in [3.05, 3.63) is 45.3 Å². The van der Waals surface area contributed by atoms with E-state index < -0.39 is 5.97 Å². The molecule has 0 spiro atoms. The number of hydrogen-bond donors (Lipinski definition) is 0. The first-order valence-electron chi connectivity index (χ1n) is 6.66. The van der Waals surface area contributed by atoms with Gasteiger partial charge in [0, 0.05) is 12.6 Å². The minimum absolute atomic E-state index is 0.186. The number of furan rings is 1. The smallest absolute Gasteiger partial charge is 0.363 e. The number of aromatic nitrogens is 2. The van der Waals surface area contributed by atoms with E-state index in [0.717, 1.165) is 5.76 Å². The molecule has 6 nitrogen and oxygen atoms in total. The molecule has 22 heavy (non-hydrogen) atoms. The van der Waals surface area contributed by atoms with E-state index in [1.165, 1.54) is 4.68 Å². The highest BCUT2D eigenvalue weighted by Gasteiger charge is 2.27. The highest BCUT2D eigenvalue weighted by molar-refractivity contribution is 6.31. The van der Waals surface area contributed by atoms with Crippen LogP contribution in [0, 0.1) is 20.8 Å². The van der Waals surface area contributed by atoms with Crippen LogP contribution >= 0.6 is 11.6 Å². The van der Waals surface area contributed by atoms with Crippen molar-refractivity contribution in [1.29, 1.82) is 0 Å². The van der Waals surface area contributed by atoms with Crippen molar-refractivity contribution in [3.63, 3.8) is 0 Å². The SMILES string of the molecule is Cc1cc(C2=NC(=Cc3c(C)nn(C)c3Cl)C(=O)O2)c(C)o1. The third kappa shape index (κ3) is 2.35. The summed E-state index contributed by atoms with van der Waals surface area (Å²) in [6, 6.07) is 1.78. The van der Waals surface area contributed by atoms with Gasteiger partial charge in [-0.05, 0) is 32.9 Å². The Morgan fingerprint density at radius 3 is 2.59 bits per heavy atom. The van der Waals surface area contributed by atoms with Gasteiger partial charge < -0.3 is 9.15 Å².